The second kappa shape index (κ2) is 8.76. The Bertz CT molecular complexity index is 686. The monoisotopic (exact) mass is 351 g/mol. The van der Waals surface area contributed by atoms with E-state index < -0.39 is 35.3 Å². The summed E-state index contributed by atoms with van der Waals surface area (Å²) < 4.78 is 0. The van der Waals surface area contributed by atoms with Crippen molar-refractivity contribution in [3.8, 4) is 0 Å². The van der Waals surface area contributed by atoms with Gasteiger partial charge in [-0.1, -0.05) is 26.0 Å². The average Bonchev–Trinajstić information content (AvgIpc) is 2.51. The van der Waals surface area contributed by atoms with Crippen molar-refractivity contribution in [2.24, 2.45) is 5.92 Å². The molecule has 0 bridgehead atoms. The van der Waals surface area contributed by atoms with E-state index in [1.165, 1.54) is 12.1 Å². The molecule has 1 aromatic carbocycles. The van der Waals surface area contributed by atoms with Crippen molar-refractivity contribution in [3.05, 3.63) is 39.4 Å². The molecule has 1 rings (SSSR count). The highest BCUT2D eigenvalue weighted by Gasteiger charge is 2.24. The van der Waals surface area contributed by atoms with Gasteiger partial charge in [-0.25, -0.2) is 4.79 Å². The third kappa shape index (κ3) is 5.87. The minimum Gasteiger partial charge on any atom is -0.480 e. The first kappa shape index (κ1) is 20.1. The molecule has 1 atom stereocenters. The maximum absolute atomic E-state index is 12.2. The lowest BCUT2D eigenvalue weighted by molar-refractivity contribution is -0.385. The minimum absolute atomic E-state index is 0.0607. The number of benzene rings is 1. The van der Waals surface area contributed by atoms with Crippen LogP contribution in [0.2, 0.25) is 0 Å². The molecule has 0 saturated carbocycles. The fourth-order valence-electron chi connectivity index (χ4n) is 2.29. The van der Waals surface area contributed by atoms with Crippen molar-refractivity contribution < 1.29 is 24.4 Å². The molecule has 136 valence electrons. The number of carbonyl (C=O) groups is 3. The predicted octanol–water partition coefficient (Wildman–Crippen LogP) is 1.25. The molecule has 9 nitrogen and oxygen atoms in total. The Kier molecular flexibility index (Phi) is 7.04. The molecule has 0 radical (unpaired) electrons. The zero-order valence-corrected chi connectivity index (χ0v) is 14.2. The summed E-state index contributed by atoms with van der Waals surface area (Å²) in [5.41, 5.74) is -0.0891. The van der Waals surface area contributed by atoms with Crippen LogP contribution in [0.1, 0.15) is 36.2 Å². The molecular weight excluding hydrogens is 330 g/mol. The molecule has 1 aromatic rings. The Balaban J connectivity index is 2.75. The van der Waals surface area contributed by atoms with Crippen LogP contribution in [0.4, 0.5) is 5.69 Å². The summed E-state index contributed by atoms with van der Waals surface area (Å²) in [5.74, 6) is -2.55. The average molecular weight is 351 g/mol. The lowest BCUT2D eigenvalue weighted by Gasteiger charge is -2.16. The van der Waals surface area contributed by atoms with E-state index in [-0.39, 0.29) is 23.6 Å². The number of aliphatic carboxylic acids is 1. The summed E-state index contributed by atoms with van der Waals surface area (Å²) in [7, 11) is 0. The molecular formula is C16H21N3O6. The van der Waals surface area contributed by atoms with Gasteiger partial charge in [0.15, 0.2) is 0 Å². The Hall–Kier alpha value is -2.97. The van der Waals surface area contributed by atoms with Crippen LogP contribution in [0.5, 0.6) is 0 Å². The van der Waals surface area contributed by atoms with Gasteiger partial charge in [-0.3, -0.25) is 19.7 Å². The van der Waals surface area contributed by atoms with Gasteiger partial charge in [-0.15, -0.1) is 0 Å². The van der Waals surface area contributed by atoms with Crippen LogP contribution < -0.4 is 10.6 Å². The number of carboxylic acid groups (broad SMARTS) is 1. The van der Waals surface area contributed by atoms with E-state index in [1.807, 2.05) is 13.8 Å². The molecule has 0 spiro atoms. The lowest BCUT2D eigenvalue weighted by Crippen LogP contribution is -2.46. The van der Waals surface area contributed by atoms with Gasteiger partial charge in [0, 0.05) is 6.07 Å². The normalized spacial score (nSPS) is 11.7. The summed E-state index contributed by atoms with van der Waals surface area (Å²) in [6.45, 7) is 4.71. The zero-order chi connectivity index (χ0) is 19.1. The molecule has 0 aromatic heterocycles. The van der Waals surface area contributed by atoms with Crippen LogP contribution in [-0.2, 0) is 9.59 Å². The van der Waals surface area contributed by atoms with E-state index in [0.29, 0.717) is 5.56 Å². The molecule has 25 heavy (non-hydrogen) atoms. The maximum atomic E-state index is 12.2. The Morgan fingerprint density at radius 3 is 2.44 bits per heavy atom. The standard InChI is InChI=1S/C16H21N3O6/c1-9(2)7-11(16(22)23)18-13(20)8-17-15(21)14-10(3)5-4-6-12(14)19(24)25/h4-6,9,11H,7-8H2,1-3H3,(H,17,21)(H,18,20)(H,22,23)/t11-/m0/s1. The van der Waals surface area contributed by atoms with Crippen molar-refractivity contribution in [1.82, 2.24) is 10.6 Å². The first-order valence-corrected chi connectivity index (χ1v) is 7.67. The number of nitrogens with zero attached hydrogens (tertiary/aromatic N) is 1. The third-order valence-electron chi connectivity index (χ3n) is 3.42. The largest absolute Gasteiger partial charge is 0.480 e. The number of carboxylic acids is 1. The van der Waals surface area contributed by atoms with Crippen LogP contribution in [0, 0.1) is 23.0 Å². The molecule has 0 aliphatic heterocycles. The Labute approximate surface area is 144 Å². The number of rotatable bonds is 8. The Morgan fingerprint density at radius 2 is 1.92 bits per heavy atom. The second-order valence-corrected chi connectivity index (χ2v) is 6.00. The molecule has 2 amide bonds. The summed E-state index contributed by atoms with van der Waals surface area (Å²) in [5, 5.41) is 24.7. The fourth-order valence-corrected chi connectivity index (χ4v) is 2.29. The SMILES string of the molecule is Cc1cccc([N+](=O)[O-])c1C(=O)NCC(=O)N[C@@H](CC(C)C)C(=O)O. The molecule has 3 N–H and O–H groups in total. The van der Waals surface area contributed by atoms with E-state index in [0.717, 1.165) is 0 Å². The van der Waals surface area contributed by atoms with Gasteiger partial charge in [-0.05, 0) is 24.8 Å². The van der Waals surface area contributed by atoms with Crippen molar-refractivity contribution in [1.29, 1.82) is 0 Å². The van der Waals surface area contributed by atoms with Crippen LogP contribution in [0.25, 0.3) is 0 Å². The number of nitro benzene ring substituents is 1. The number of aryl methyl sites for hydroxylation is 1. The van der Waals surface area contributed by atoms with Gasteiger partial charge in [0.1, 0.15) is 11.6 Å². The van der Waals surface area contributed by atoms with Crippen molar-refractivity contribution in [2.75, 3.05) is 6.54 Å². The van der Waals surface area contributed by atoms with E-state index in [4.69, 9.17) is 5.11 Å². The van der Waals surface area contributed by atoms with E-state index in [2.05, 4.69) is 10.6 Å². The molecule has 0 aliphatic carbocycles. The number of amides is 2. The van der Waals surface area contributed by atoms with Gasteiger partial charge in [0.05, 0.1) is 11.5 Å². The minimum atomic E-state index is -1.16. The fraction of sp³-hybridized carbons (Fsp3) is 0.438. The van der Waals surface area contributed by atoms with Crippen LogP contribution in [0.15, 0.2) is 18.2 Å². The molecule has 0 aliphatic rings. The van der Waals surface area contributed by atoms with Crippen molar-refractivity contribution in [3.63, 3.8) is 0 Å². The Morgan fingerprint density at radius 1 is 1.28 bits per heavy atom. The highest BCUT2D eigenvalue weighted by atomic mass is 16.6. The van der Waals surface area contributed by atoms with Gasteiger partial charge in [-0.2, -0.15) is 0 Å². The van der Waals surface area contributed by atoms with Gasteiger partial charge >= 0.3 is 5.97 Å². The topological polar surface area (TPSA) is 139 Å². The van der Waals surface area contributed by atoms with Crippen LogP contribution in [-0.4, -0.2) is 40.4 Å². The van der Waals surface area contributed by atoms with Crippen molar-refractivity contribution >= 4 is 23.5 Å². The number of carbonyl (C=O) groups excluding carboxylic acids is 2. The highest BCUT2D eigenvalue weighted by Crippen LogP contribution is 2.21. The molecule has 0 fully saturated rings. The van der Waals surface area contributed by atoms with Gasteiger partial charge < -0.3 is 15.7 Å². The van der Waals surface area contributed by atoms with Crippen LogP contribution >= 0.6 is 0 Å². The molecule has 9 heteroatoms. The van der Waals surface area contributed by atoms with E-state index in [9.17, 15) is 24.5 Å². The molecule has 0 unspecified atom stereocenters. The quantitative estimate of drug-likeness (QED) is 0.476. The zero-order valence-electron chi connectivity index (χ0n) is 14.2. The van der Waals surface area contributed by atoms with Crippen molar-refractivity contribution in [2.45, 2.75) is 33.2 Å². The number of nitro groups is 1. The number of hydrogen-bond acceptors (Lipinski definition) is 5. The van der Waals surface area contributed by atoms with E-state index >= 15 is 0 Å². The van der Waals surface area contributed by atoms with E-state index in [1.54, 1.807) is 13.0 Å². The second-order valence-electron chi connectivity index (χ2n) is 6.00. The first-order valence-electron chi connectivity index (χ1n) is 7.67. The van der Waals surface area contributed by atoms with Gasteiger partial charge in [0.2, 0.25) is 5.91 Å². The summed E-state index contributed by atoms with van der Waals surface area (Å²) in [6, 6.07) is 3.15. The van der Waals surface area contributed by atoms with Crippen LogP contribution in [0.3, 0.4) is 0 Å². The number of hydrogen-bond donors (Lipinski definition) is 3. The molecule has 0 heterocycles. The first-order chi connectivity index (χ1) is 11.6. The predicted molar refractivity (Wildman–Crippen MR) is 89.2 cm³/mol. The van der Waals surface area contributed by atoms with Gasteiger partial charge in [0.25, 0.3) is 11.6 Å². The third-order valence-corrected chi connectivity index (χ3v) is 3.42. The maximum Gasteiger partial charge on any atom is 0.326 e. The smallest absolute Gasteiger partial charge is 0.326 e. The summed E-state index contributed by atoms with van der Waals surface area (Å²) in [6.07, 6.45) is 0.248. The summed E-state index contributed by atoms with van der Waals surface area (Å²) >= 11 is 0. The molecule has 0 saturated heterocycles. The number of nitrogens with one attached hydrogen (secondary N) is 2. The highest BCUT2D eigenvalue weighted by molar-refractivity contribution is 6.01. The lowest BCUT2D eigenvalue weighted by atomic mass is 10.0. The summed E-state index contributed by atoms with van der Waals surface area (Å²) in [4.78, 5) is 45.5.